The number of hydrogen-bond donors (Lipinski definition) is 3. The molecule has 3 amide bonds. The Kier molecular flexibility index (Phi) is 14.3. The van der Waals surface area contributed by atoms with Gasteiger partial charge in [-0.15, -0.1) is 0 Å². The van der Waals surface area contributed by atoms with Crippen LogP contribution in [-0.4, -0.2) is 84.9 Å². The van der Waals surface area contributed by atoms with Gasteiger partial charge in [0, 0.05) is 36.2 Å². The second-order valence-electron chi connectivity index (χ2n) is 13.5. The molecular formula is C32H49N3O10S. The van der Waals surface area contributed by atoms with E-state index in [1.54, 1.807) is 60.8 Å². The average Bonchev–Trinajstić information content (AvgIpc) is 2.92. The normalized spacial score (nSPS) is 18.5. The van der Waals surface area contributed by atoms with Crippen LogP contribution in [0.4, 0.5) is 4.79 Å². The summed E-state index contributed by atoms with van der Waals surface area (Å²) in [6, 6.07) is 6.01. The first-order valence-electron chi connectivity index (χ1n) is 15.1. The highest BCUT2D eigenvalue weighted by Crippen LogP contribution is 2.37. The number of nitrogens with one attached hydrogen (secondary N) is 3. The Balaban J connectivity index is 1.80. The molecule has 0 aliphatic carbocycles. The van der Waals surface area contributed by atoms with Crippen LogP contribution in [0.2, 0.25) is 0 Å². The lowest BCUT2D eigenvalue weighted by Crippen LogP contribution is -2.52. The molecule has 3 N–H and O–H groups in total. The molecule has 1 aromatic carbocycles. The van der Waals surface area contributed by atoms with Crippen molar-refractivity contribution < 1.29 is 47.7 Å². The van der Waals surface area contributed by atoms with E-state index in [-0.39, 0.29) is 43.5 Å². The summed E-state index contributed by atoms with van der Waals surface area (Å²) in [5.41, 5.74) is -1.41. The Hall–Kier alpha value is -3.36. The lowest BCUT2D eigenvalue weighted by atomic mass is 9.85. The molecule has 1 unspecified atom stereocenters. The molecule has 14 heteroatoms. The number of amides is 3. The van der Waals surface area contributed by atoms with Crippen LogP contribution in [0, 0.1) is 5.41 Å². The molecular weight excluding hydrogens is 618 g/mol. The Bertz CT molecular complexity index is 1180. The molecule has 0 bridgehead atoms. The molecule has 1 aromatic rings. The number of thioether (sulfide) groups is 1. The van der Waals surface area contributed by atoms with E-state index >= 15 is 0 Å². The third-order valence-electron chi connectivity index (χ3n) is 6.29. The number of hydrogen-bond acceptors (Lipinski definition) is 11. The van der Waals surface area contributed by atoms with Crippen molar-refractivity contribution in [1.29, 1.82) is 0 Å². The number of ether oxygens (including phenoxy) is 5. The summed E-state index contributed by atoms with van der Waals surface area (Å²) in [4.78, 5) is 63.0. The van der Waals surface area contributed by atoms with Crippen molar-refractivity contribution >= 4 is 40.8 Å². The lowest BCUT2D eigenvalue weighted by Gasteiger charge is -2.41. The fourth-order valence-electron chi connectivity index (χ4n) is 4.18. The minimum absolute atomic E-state index is 0.0113. The van der Waals surface area contributed by atoms with Crippen molar-refractivity contribution in [3.8, 4) is 5.75 Å². The van der Waals surface area contributed by atoms with Gasteiger partial charge in [-0.3, -0.25) is 19.2 Å². The largest absolute Gasteiger partial charge is 0.497 e. The fraction of sp³-hybridized carbons (Fsp3) is 0.656. The van der Waals surface area contributed by atoms with E-state index in [1.807, 2.05) is 26.0 Å². The maximum atomic E-state index is 13.0. The van der Waals surface area contributed by atoms with E-state index in [4.69, 9.17) is 23.7 Å². The highest BCUT2D eigenvalue weighted by atomic mass is 32.2. The first-order chi connectivity index (χ1) is 21.3. The van der Waals surface area contributed by atoms with Crippen LogP contribution in [0.1, 0.15) is 80.1 Å². The maximum absolute atomic E-state index is 13.0. The second kappa shape index (κ2) is 17.0. The van der Waals surface area contributed by atoms with Crippen molar-refractivity contribution in [3.63, 3.8) is 0 Å². The molecule has 1 saturated heterocycles. The van der Waals surface area contributed by atoms with Crippen LogP contribution in [0.15, 0.2) is 24.3 Å². The molecule has 46 heavy (non-hydrogen) atoms. The molecule has 1 aliphatic heterocycles. The molecule has 1 fully saturated rings. The summed E-state index contributed by atoms with van der Waals surface area (Å²) in [5, 5.41) is 7.43. The van der Waals surface area contributed by atoms with Gasteiger partial charge in [-0.25, -0.2) is 4.79 Å². The average molecular weight is 668 g/mol. The van der Waals surface area contributed by atoms with Crippen LogP contribution in [-0.2, 0) is 38.1 Å². The zero-order chi connectivity index (χ0) is 34.7. The summed E-state index contributed by atoms with van der Waals surface area (Å²) in [6.07, 6.45) is -2.72. The van der Waals surface area contributed by atoms with Gasteiger partial charge >= 0.3 is 12.1 Å². The standard InChI is InChI=1S/C32H49N3O10S/c1-30(2,3)44-24(37)18-22(35-29(40)45-31(4,5)6)27(39)46-17-16-33-23(36)14-15-34-26(38)25-32(7,8)19-42-28(43-25)20-10-12-21(41-9)13-11-20/h10-13,22,25,28H,14-19H2,1-9H3,(H,33,36)(H,34,38)(H,35,40)/t22-,25-,28?/m0/s1. The SMILES string of the molecule is COc1ccc(C2OCC(C)(C)[C@H](C(=O)NCCC(=O)NCCSC(=O)[C@H](CC(=O)OC(C)(C)C)NC(=O)OC(C)(C)C)O2)cc1. The second-order valence-corrected chi connectivity index (χ2v) is 14.6. The van der Waals surface area contributed by atoms with E-state index in [1.165, 1.54) is 0 Å². The lowest BCUT2D eigenvalue weighted by molar-refractivity contribution is -0.258. The number of benzene rings is 1. The summed E-state index contributed by atoms with van der Waals surface area (Å²) in [6.45, 7) is 14.4. The van der Waals surface area contributed by atoms with Gasteiger partial charge in [0.1, 0.15) is 29.1 Å². The Morgan fingerprint density at radius 1 is 0.957 bits per heavy atom. The smallest absolute Gasteiger partial charge is 0.408 e. The van der Waals surface area contributed by atoms with Gasteiger partial charge in [0.2, 0.25) is 16.9 Å². The summed E-state index contributed by atoms with van der Waals surface area (Å²) < 4.78 is 27.6. The number of methoxy groups -OCH3 is 1. The van der Waals surface area contributed by atoms with Gasteiger partial charge in [-0.05, 0) is 53.7 Å². The fourth-order valence-corrected chi connectivity index (χ4v) is 4.93. The molecule has 1 aliphatic rings. The third-order valence-corrected chi connectivity index (χ3v) is 7.27. The van der Waals surface area contributed by atoms with Gasteiger partial charge in [0.05, 0.1) is 20.1 Å². The van der Waals surface area contributed by atoms with E-state index in [0.717, 1.165) is 17.3 Å². The maximum Gasteiger partial charge on any atom is 0.408 e. The first-order valence-corrected chi connectivity index (χ1v) is 16.1. The monoisotopic (exact) mass is 667 g/mol. The number of esters is 1. The van der Waals surface area contributed by atoms with Crippen molar-refractivity contribution in [2.75, 3.05) is 32.6 Å². The number of carbonyl (C=O) groups excluding carboxylic acids is 5. The van der Waals surface area contributed by atoms with Gasteiger partial charge < -0.3 is 39.6 Å². The Morgan fingerprint density at radius 2 is 1.59 bits per heavy atom. The molecule has 1 heterocycles. The van der Waals surface area contributed by atoms with E-state index in [2.05, 4.69) is 16.0 Å². The zero-order valence-electron chi connectivity index (χ0n) is 28.3. The van der Waals surface area contributed by atoms with Gasteiger partial charge in [0.25, 0.3) is 0 Å². The number of carbonyl (C=O) groups is 5. The molecule has 0 aromatic heterocycles. The number of rotatable bonds is 13. The van der Waals surface area contributed by atoms with Gasteiger partial charge in [-0.1, -0.05) is 37.7 Å². The van der Waals surface area contributed by atoms with Crippen molar-refractivity contribution in [3.05, 3.63) is 29.8 Å². The predicted molar refractivity (Wildman–Crippen MR) is 172 cm³/mol. The molecule has 0 saturated carbocycles. The minimum atomic E-state index is -1.18. The topological polar surface area (TPSA) is 168 Å². The Morgan fingerprint density at radius 3 is 2.17 bits per heavy atom. The highest BCUT2D eigenvalue weighted by molar-refractivity contribution is 8.13. The van der Waals surface area contributed by atoms with Gasteiger partial charge in [-0.2, -0.15) is 0 Å². The van der Waals surface area contributed by atoms with Crippen molar-refractivity contribution in [2.24, 2.45) is 5.41 Å². The summed E-state index contributed by atoms with van der Waals surface area (Å²) in [5.74, 6) is -0.448. The quantitative estimate of drug-likeness (QED) is 0.208. The predicted octanol–water partition coefficient (Wildman–Crippen LogP) is 3.64. The van der Waals surface area contributed by atoms with Crippen molar-refractivity contribution in [2.45, 2.75) is 97.9 Å². The molecule has 3 atom stereocenters. The molecule has 258 valence electrons. The van der Waals surface area contributed by atoms with Gasteiger partial charge in [0.15, 0.2) is 6.29 Å². The van der Waals surface area contributed by atoms with Crippen LogP contribution in [0.3, 0.4) is 0 Å². The van der Waals surface area contributed by atoms with Crippen LogP contribution in [0.25, 0.3) is 0 Å². The first kappa shape index (κ1) is 38.8. The van der Waals surface area contributed by atoms with E-state index < -0.39 is 52.2 Å². The highest BCUT2D eigenvalue weighted by Gasteiger charge is 2.43. The molecule has 13 nitrogen and oxygen atoms in total. The summed E-state index contributed by atoms with van der Waals surface area (Å²) in [7, 11) is 1.58. The zero-order valence-corrected chi connectivity index (χ0v) is 29.1. The van der Waals surface area contributed by atoms with E-state index in [0.29, 0.717) is 12.4 Å². The van der Waals surface area contributed by atoms with E-state index in [9.17, 15) is 24.0 Å². The summed E-state index contributed by atoms with van der Waals surface area (Å²) >= 11 is 0.857. The molecule has 0 spiro atoms. The number of alkyl carbamates (subject to hydrolysis) is 1. The molecule has 0 radical (unpaired) electrons. The van der Waals surface area contributed by atoms with Crippen LogP contribution >= 0.6 is 11.8 Å². The van der Waals surface area contributed by atoms with Crippen LogP contribution in [0.5, 0.6) is 5.75 Å². The van der Waals surface area contributed by atoms with Crippen LogP contribution < -0.4 is 20.7 Å². The third kappa shape index (κ3) is 14.0. The molecule has 2 rings (SSSR count). The minimum Gasteiger partial charge on any atom is -0.497 e. The Labute approximate surface area is 275 Å². The van der Waals surface area contributed by atoms with Crippen molar-refractivity contribution in [1.82, 2.24) is 16.0 Å².